The number of nitrogens with two attached hydrogens (primary N) is 1. The van der Waals surface area contributed by atoms with Crippen LogP contribution in [0.25, 0.3) is 22.3 Å². The summed E-state index contributed by atoms with van der Waals surface area (Å²) in [5.41, 5.74) is 12.8. The number of nitrogens with zero attached hydrogens (tertiary/aromatic N) is 6. The van der Waals surface area contributed by atoms with Crippen molar-refractivity contribution in [3.63, 3.8) is 0 Å². The van der Waals surface area contributed by atoms with Crippen LogP contribution in [0.15, 0.2) is 67.5 Å². The SMILES string of the molecule is C=CC(=O)N1CCC[C@@H](n2nc(-c3ccc4c(c3)CN(Cc3ccccc3)C4)c3c(N)ncnc32)C1. The lowest BCUT2D eigenvalue weighted by molar-refractivity contribution is -0.127. The molecule has 4 aromatic rings. The van der Waals surface area contributed by atoms with E-state index in [1.54, 1.807) is 0 Å². The van der Waals surface area contributed by atoms with Gasteiger partial charge in [-0.25, -0.2) is 14.6 Å². The summed E-state index contributed by atoms with van der Waals surface area (Å²) in [4.78, 5) is 25.4. The van der Waals surface area contributed by atoms with Crippen molar-refractivity contribution in [3.8, 4) is 11.3 Å². The summed E-state index contributed by atoms with van der Waals surface area (Å²) in [5.74, 6) is 0.367. The van der Waals surface area contributed by atoms with Crippen LogP contribution >= 0.6 is 0 Å². The molecule has 1 saturated heterocycles. The Balaban J connectivity index is 1.33. The fourth-order valence-corrected chi connectivity index (χ4v) is 5.50. The van der Waals surface area contributed by atoms with E-state index in [2.05, 4.69) is 70.0 Å². The number of rotatable bonds is 5. The minimum Gasteiger partial charge on any atom is -0.383 e. The summed E-state index contributed by atoms with van der Waals surface area (Å²) >= 11 is 0. The highest BCUT2D eigenvalue weighted by molar-refractivity contribution is 5.98. The van der Waals surface area contributed by atoms with Gasteiger partial charge in [-0.3, -0.25) is 9.69 Å². The Morgan fingerprint density at radius 1 is 1.11 bits per heavy atom. The van der Waals surface area contributed by atoms with Gasteiger partial charge in [0, 0.05) is 38.3 Å². The molecule has 8 nitrogen and oxygen atoms in total. The fourth-order valence-electron chi connectivity index (χ4n) is 5.50. The summed E-state index contributed by atoms with van der Waals surface area (Å²) in [5, 5.41) is 5.80. The minimum atomic E-state index is -0.0517. The molecular weight excluding hydrogens is 450 g/mol. The molecule has 1 fully saturated rings. The van der Waals surface area contributed by atoms with Crippen LogP contribution in [0.3, 0.4) is 0 Å². The predicted molar refractivity (Wildman–Crippen MR) is 140 cm³/mol. The standard InChI is InChI=1S/C28H29N7O/c1-2-24(36)34-12-6-9-23(17-34)35-28-25(27(29)30-18-31-28)26(32-35)20-10-11-21-15-33(16-22(21)13-20)14-19-7-4-3-5-8-19/h2-5,7-8,10-11,13,18,23H,1,6,9,12,14-17H2,(H2,29,30,31)/t23-/m1/s1. The first-order valence-electron chi connectivity index (χ1n) is 12.4. The zero-order valence-electron chi connectivity index (χ0n) is 20.2. The number of hydrogen-bond donors (Lipinski definition) is 1. The van der Waals surface area contributed by atoms with Crippen LogP contribution in [0.4, 0.5) is 5.82 Å². The lowest BCUT2D eigenvalue weighted by Crippen LogP contribution is -2.40. The van der Waals surface area contributed by atoms with E-state index in [0.29, 0.717) is 18.0 Å². The maximum absolute atomic E-state index is 12.3. The van der Waals surface area contributed by atoms with Crippen molar-refractivity contribution in [1.82, 2.24) is 29.5 Å². The van der Waals surface area contributed by atoms with Gasteiger partial charge in [-0.2, -0.15) is 5.10 Å². The molecule has 0 aliphatic carbocycles. The summed E-state index contributed by atoms with van der Waals surface area (Å²) in [6.07, 6.45) is 4.68. The second-order valence-corrected chi connectivity index (χ2v) is 9.65. The van der Waals surface area contributed by atoms with Crippen LogP contribution in [0.2, 0.25) is 0 Å². The number of aromatic nitrogens is 4. The van der Waals surface area contributed by atoms with Crippen LogP contribution in [-0.2, 0) is 24.4 Å². The van der Waals surface area contributed by atoms with Gasteiger partial charge in [0.1, 0.15) is 17.8 Å². The third-order valence-corrected chi connectivity index (χ3v) is 7.26. The quantitative estimate of drug-likeness (QED) is 0.436. The molecule has 4 heterocycles. The van der Waals surface area contributed by atoms with Gasteiger partial charge in [0.2, 0.25) is 5.91 Å². The molecule has 8 heteroatoms. The van der Waals surface area contributed by atoms with Crippen LogP contribution in [0.1, 0.15) is 35.6 Å². The third kappa shape index (κ3) is 4.03. The Bertz CT molecular complexity index is 1450. The lowest BCUT2D eigenvalue weighted by Gasteiger charge is -2.32. The molecule has 0 radical (unpaired) electrons. The smallest absolute Gasteiger partial charge is 0.246 e. The first-order valence-corrected chi connectivity index (χ1v) is 12.4. The monoisotopic (exact) mass is 479 g/mol. The molecule has 0 spiro atoms. The van der Waals surface area contributed by atoms with E-state index in [1.165, 1.54) is 29.1 Å². The first-order chi connectivity index (χ1) is 17.6. The summed E-state index contributed by atoms with van der Waals surface area (Å²) in [6, 6.07) is 17.1. The maximum atomic E-state index is 12.3. The summed E-state index contributed by atoms with van der Waals surface area (Å²) < 4.78 is 1.94. The van der Waals surface area contributed by atoms with Crippen molar-refractivity contribution in [2.24, 2.45) is 0 Å². The number of carbonyl (C=O) groups is 1. The molecule has 2 aromatic carbocycles. The van der Waals surface area contributed by atoms with E-state index in [0.717, 1.165) is 55.7 Å². The predicted octanol–water partition coefficient (Wildman–Crippen LogP) is 3.94. The Morgan fingerprint density at radius 2 is 1.94 bits per heavy atom. The Labute approximate surface area is 210 Å². The molecule has 182 valence electrons. The summed E-state index contributed by atoms with van der Waals surface area (Å²) in [7, 11) is 0. The third-order valence-electron chi connectivity index (χ3n) is 7.26. The Morgan fingerprint density at radius 3 is 2.78 bits per heavy atom. The average molecular weight is 480 g/mol. The first kappa shape index (κ1) is 22.4. The van der Waals surface area contributed by atoms with Gasteiger partial charge < -0.3 is 10.6 Å². The van der Waals surface area contributed by atoms with Crippen LogP contribution < -0.4 is 5.73 Å². The average Bonchev–Trinajstić information content (AvgIpc) is 3.50. The van der Waals surface area contributed by atoms with Gasteiger partial charge in [-0.15, -0.1) is 0 Å². The molecule has 1 atom stereocenters. The van der Waals surface area contributed by atoms with Gasteiger partial charge in [-0.05, 0) is 41.7 Å². The van der Waals surface area contributed by atoms with Crippen molar-refractivity contribution in [2.45, 2.75) is 38.5 Å². The van der Waals surface area contributed by atoms with Gasteiger partial charge in [0.15, 0.2) is 5.65 Å². The van der Waals surface area contributed by atoms with Crippen molar-refractivity contribution in [2.75, 3.05) is 18.8 Å². The molecule has 0 saturated carbocycles. The van der Waals surface area contributed by atoms with Gasteiger partial charge in [0.25, 0.3) is 0 Å². The van der Waals surface area contributed by atoms with Crippen molar-refractivity contribution in [3.05, 3.63) is 84.2 Å². The number of piperidine rings is 1. The highest BCUT2D eigenvalue weighted by Crippen LogP contribution is 2.36. The number of nitrogen functional groups attached to an aromatic ring is 1. The molecular formula is C28H29N7O. The van der Waals surface area contributed by atoms with Gasteiger partial charge >= 0.3 is 0 Å². The Hall–Kier alpha value is -4.04. The van der Waals surface area contributed by atoms with Crippen LogP contribution in [0.5, 0.6) is 0 Å². The van der Waals surface area contributed by atoms with Crippen LogP contribution in [-0.4, -0.2) is 48.5 Å². The summed E-state index contributed by atoms with van der Waals surface area (Å²) in [6.45, 7) is 7.69. The van der Waals surface area contributed by atoms with E-state index in [9.17, 15) is 4.79 Å². The zero-order chi connectivity index (χ0) is 24.6. The topological polar surface area (TPSA) is 93.2 Å². The van der Waals surface area contributed by atoms with Crippen molar-refractivity contribution in [1.29, 1.82) is 0 Å². The number of likely N-dealkylation sites (tertiary alicyclic amines) is 1. The van der Waals surface area contributed by atoms with E-state index >= 15 is 0 Å². The van der Waals surface area contributed by atoms with E-state index < -0.39 is 0 Å². The van der Waals surface area contributed by atoms with Crippen molar-refractivity contribution < 1.29 is 4.79 Å². The molecule has 2 aliphatic rings. The molecule has 1 amide bonds. The molecule has 0 bridgehead atoms. The van der Waals surface area contributed by atoms with E-state index in [4.69, 9.17) is 10.8 Å². The number of hydrogen-bond acceptors (Lipinski definition) is 6. The number of anilines is 1. The Kier molecular flexibility index (Phi) is 5.73. The lowest BCUT2D eigenvalue weighted by atomic mass is 10.0. The van der Waals surface area contributed by atoms with Gasteiger partial charge in [0.05, 0.1) is 11.4 Å². The minimum absolute atomic E-state index is 0.0176. The second kappa shape index (κ2) is 9.20. The molecule has 6 rings (SSSR count). The fraction of sp³-hybridized carbons (Fsp3) is 0.286. The number of fused-ring (bicyclic) bond motifs is 2. The largest absolute Gasteiger partial charge is 0.383 e. The molecule has 36 heavy (non-hydrogen) atoms. The molecule has 2 N–H and O–H groups in total. The molecule has 2 aromatic heterocycles. The highest BCUT2D eigenvalue weighted by atomic mass is 16.2. The number of benzene rings is 2. The van der Waals surface area contributed by atoms with E-state index in [1.807, 2.05) is 9.58 Å². The number of carbonyl (C=O) groups excluding carboxylic acids is 1. The van der Waals surface area contributed by atoms with Crippen LogP contribution in [0, 0.1) is 0 Å². The maximum Gasteiger partial charge on any atom is 0.246 e. The molecule has 0 unspecified atom stereocenters. The van der Waals surface area contributed by atoms with E-state index in [-0.39, 0.29) is 11.9 Å². The highest BCUT2D eigenvalue weighted by Gasteiger charge is 2.28. The normalized spacial score (nSPS) is 17.9. The zero-order valence-corrected chi connectivity index (χ0v) is 20.2. The van der Waals surface area contributed by atoms with Crippen molar-refractivity contribution >= 4 is 22.8 Å². The van der Waals surface area contributed by atoms with Gasteiger partial charge in [-0.1, -0.05) is 49.0 Å². The number of amides is 1. The second-order valence-electron chi connectivity index (χ2n) is 9.65. The molecule has 2 aliphatic heterocycles.